The van der Waals surface area contributed by atoms with Crippen molar-refractivity contribution < 1.29 is 47.7 Å². The summed E-state index contributed by atoms with van der Waals surface area (Å²) in [7, 11) is 1.80. The van der Waals surface area contributed by atoms with Crippen LogP contribution in [0.4, 0.5) is 9.18 Å². The molecule has 5 atom stereocenters. The number of aliphatic hydroxyl groups is 2. The number of unbranched alkanes of at least 4 members (excludes halogenated alkanes) is 2. The maximum atomic E-state index is 17.0. The monoisotopic (exact) mass is 725 g/mol. The van der Waals surface area contributed by atoms with Crippen molar-refractivity contribution in [2.75, 3.05) is 33.4 Å². The van der Waals surface area contributed by atoms with Gasteiger partial charge < -0.3 is 33.8 Å². The second-order valence-corrected chi connectivity index (χ2v) is 15.5. The molecule has 2 aromatic rings. The highest BCUT2D eigenvalue weighted by atomic mass is 19.1. The van der Waals surface area contributed by atoms with Gasteiger partial charge in [0, 0.05) is 29.2 Å². The molecule has 0 radical (unpaired) electrons. The molecule has 2 N–H and O–H groups in total. The molecule has 2 fully saturated rings. The number of benzene rings is 1. The first-order valence-electron chi connectivity index (χ1n) is 18.7. The van der Waals surface area contributed by atoms with Gasteiger partial charge in [0.05, 0.1) is 30.9 Å². The zero-order valence-corrected chi connectivity index (χ0v) is 31.3. The lowest BCUT2D eigenvalue weighted by molar-refractivity contribution is -0.143. The minimum Gasteiger partial charge on any atom is -0.507 e. The second kappa shape index (κ2) is 14.5. The number of ketones is 2. The maximum Gasteiger partial charge on any atom is 0.410 e. The van der Waals surface area contributed by atoms with Gasteiger partial charge in [0.2, 0.25) is 11.6 Å². The van der Waals surface area contributed by atoms with E-state index in [4.69, 9.17) is 18.7 Å². The van der Waals surface area contributed by atoms with Crippen molar-refractivity contribution in [3.05, 3.63) is 45.5 Å². The Kier molecular flexibility index (Phi) is 10.5. The van der Waals surface area contributed by atoms with E-state index in [0.29, 0.717) is 38.8 Å². The van der Waals surface area contributed by atoms with Crippen LogP contribution in [0.1, 0.15) is 131 Å². The van der Waals surface area contributed by atoms with Gasteiger partial charge in [0.15, 0.2) is 11.4 Å². The number of rotatable bonds is 11. The fourth-order valence-corrected chi connectivity index (χ4v) is 8.31. The van der Waals surface area contributed by atoms with Crippen molar-refractivity contribution in [1.82, 2.24) is 15.0 Å². The van der Waals surface area contributed by atoms with Crippen molar-refractivity contribution in [3.63, 3.8) is 0 Å². The fraction of sp³-hybridized carbons (Fsp3) is 0.641. The fourth-order valence-electron chi connectivity index (χ4n) is 8.31. The summed E-state index contributed by atoms with van der Waals surface area (Å²) < 4.78 is 40.4. The Morgan fingerprint density at radius 3 is 2.46 bits per heavy atom. The number of likely N-dealkylation sites (tertiary alicyclic amines) is 1. The normalized spacial score (nSPS) is 25.5. The molecule has 52 heavy (non-hydrogen) atoms. The number of ether oxygens (including phenoxy) is 3. The molecule has 4 aliphatic rings. The molecule has 1 amide bonds. The first kappa shape index (κ1) is 37.8. The predicted octanol–water partition coefficient (Wildman–Crippen LogP) is 6.89. The predicted molar refractivity (Wildman–Crippen MR) is 189 cm³/mol. The molecule has 1 aliphatic heterocycles. The number of carbonyl (C=O) groups excluding carboxylic acids is 3. The summed E-state index contributed by atoms with van der Waals surface area (Å²) in [4.78, 5) is 45.7. The lowest BCUT2D eigenvalue weighted by Crippen LogP contribution is -2.63. The van der Waals surface area contributed by atoms with E-state index >= 15 is 4.39 Å². The average molecular weight is 726 g/mol. The Bertz CT molecular complexity index is 1760. The van der Waals surface area contributed by atoms with E-state index in [1.165, 1.54) is 11.0 Å². The van der Waals surface area contributed by atoms with Crippen LogP contribution < -0.4 is 9.47 Å². The Morgan fingerprint density at radius 1 is 1.12 bits per heavy atom. The smallest absolute Gasteiger partial charge is 0.410 e. The van der Waals surface area contributed by atoms with E-state index in [1.54, 1.807) is 27.8 Å². The molecule has 2 heterocycles. The molecular formula is C39H52FN3O9. The van der Waals surface area contributed by atoms with Crippen molar-refractivity contribution in [2.45, 2.75) is 116 Å². The molecule has 284 valence electrons. The van der Waals surface area contributed by atoms with Crippen LogP contribution in [0, 0.1) is 17.7 Å². The number of hydrogen-bond donors (Lipinski definition) is 2. The lowest BCUT2D eigenvalue weighted by Gasteiger charge is -2.49. The Balaban J connectivity index is 1.47. The highest BCUT2D eigenvalue weighted by Crippen LogP contribution is 2.57. The van der Waals surface area contributed by atoms with E-state index in [1.807, 2.05) is 25.7 Å². The molecule has 1 saturated carbocycles. The van der Waals surface area contributed by atoms with Crippen LogP contribution in [-0.4, -0.2) is 87.4 Å². The van der Waals surface area contributed by atoms with Gasteiger partial charge in [-0.15, -0.1) is 0 Å². The summed E-state index contributed by atoms with van der Waals surface area (Å²) >= 11 is 0. The van der Waals surface area contributed by atoms with Gasteiger partial charge in [0.1, 0.15) is 28.5 Å². The molecule has 12 nitrogen and oxygen atoms in total. The van der Waals surface area contributed by atoms with Gasteiger partial charge in [0.25, 0.3) is 5.88 Å². The largest absolute Gasteiger partial charge is 0.507 e. The van der Waals surface area contributed by atoms with Crippen molar-refractivity contribution in [3.8, 4) is 11.6 Å². The van der Waals surface area contributed by atoms with Crippen molar-refractivity contribution in [2.24, 2.45) is 11.8 Å². The molecule has 6 rings (SSSR count). The van der Waals surface area contributed by atoms with Crippen molar-refractivity contribution in [1.29, 1.82) is 0 Å². The summed E-state index contributed by atoms with van der Waals surface area (Å²) in [6.45, 7) is 12.6. The molecule has 1 aromatic carbocycles. The van der Waals surface area contributed by atoms with E-state index in [0.717, 1.165) is 12.8 Å². The van der Waals surface area contributed by atoms with Gasteiger partial charge >= 0.3 is 6.09 Å². The van der Waals surface area contributed by atoms with Gasteiger partial charge in [-0.3, -0.25) is 14.5 Å². The number of carbonyl (C=O) groups is 3. The summed E-state index contributed by atoms with van der Waals surface area (Å²) in [5.74, 6) is -4.36. The molecule has 0 bridgehead atoms. The second-order valence-electron chi connectivity index (χ2n) is 15.5. The van der Waals surface area contributed by atoms with Crippen LogP contribution in [0.15, 0.2) is 16.2 Å². The maximum absolute atomic E-state index is 17.0. The lowest BCUT2D eigenvalue weighted by atomic mass is 9.57. The first-order chi connectivity index (χ1) is 24.7. The molecule has 3 aliphatic carbocycles. The number of nitrogens with zero attached hydrogens (tertiary/aromatic N) is 3. The van der Waals surface area contributed by atoms with Crippen LogP contribution in [0.25, 0.3) is 5.76 Å². The van der Waals surface area contributed by atoms with Crippen LogP contribution in [0.2, 0.25) is 0 Å². The van der Waals surface area contributed by atoms with Crippen LogP contribution in [0.3, 0.4) is 0 Å². The quantitative estimate of drug-likeness (QED) is 0.184. The highest BCUT2D eigenvalue weighted by molar-refractivity contribution is 6.26. The van der Waals surface area contributed by atoms with E-state index < -0.39 is 64.4 Å². The minimum atomic E-state index is -2.56. The number of aromatic nitrogens is 1. The van der Waals surface area contributed by atoms with Crippen LogP contribution in [-0.2, 0) is 16.0 Å². The van der Waals surface area contributed by atoms with E-state index in [2.05, 4.69) is 5.16 Å². The van der Waals surface area contributed by atoms with Gasteiger partial charge in [-0.05, 0) is 90.0 Å². The molecule has 13 heteroatoms. The van der Waals surface area contributed by atoms with Gasteiger partial charge in [-0.2, -0.15) is 0 Å². The summed E-state index contributed by atoms with van der Waals surface area (Å²) in [5, 5.41) is 28.5. The third-order valence-corrected chi connectivity index (χ3v) is 11.0. The third kappa shape index (κ3) is 6.27. The van der Waals surface area contributed by atoms with Crippen LogP contribution in [0.5, 0.6) is 11.6 Å². The molecule has 1 saturated heterocycles. The zero-order valence-electron chi connectivity index (χ0n) is 31.3. The first-order valence-corrected chi connectivity index (χ1v) is 18.7. The summed E-state index contributed by atoms with van der Waals surface area (Å²) in [6, 6.07) is 0.148. The standard InChI is InChI=1S/C39H52FN3O9/c1-8-11-16-49-26-20-22(25-14-13-15-43(25)37(47)51-38(4,5)6)30(40)23-18-21-19-24-31(42(7)10-3)33-29(36(41-52-33)50-17-12-9-2)35(46)39(24,48)34(45)27(21)32(44)28(23)26/h20-21,24-25,31,44,48H,8-19H2,1-7H3/t21-,24-,25?,31-,39-/m0/s1. The number of Topliss-reactive ketones (excluding diaryl/α,β-unsaturated/α-hetero) is 2. The number of halogens is 1. The Morgan fingerprint density at radius 2 is 1.81 bits per heavy atom. The third-order valence-electron chi connectivity index (χ3n) is 11.0. The number of amides is 1. The molecule has 0 spiro atoms. The Hall–Kier alpha value is -3.97. The molecule has 1 aromatic heterocycles. The minimum absolute atomic E-state index is 0.00139. The molecule has 1 unspecified atom stereocenters. The number of hydrogen-bond acceptors (Lipinski definition) is 11. The number of fused-ring (bicyclic) bond motifs is 4. The van der Waals surface area contributed by atoms with Crippen molar-refractivity contribution >= 4 is 23.4 Å². The molecular weight excluding hydrogens is 673 g/mol. The van der Waals surface area contributed by atoms with E-state index in [-0.39, 0.29) is 71.3 Å². The average Bonchev–Trinajstić information content (AvgIpc) is 3.75. The van der Waals surface area contributed by atoms with Crippen LogP contribution >= 0.6 is 0 Å². The topological polar surface area (TPSA) is 152 Å². The zero-order chi connectivity index (χ0) is 37.7. The van der Waals surface area contributed by atoms with Gasteiger partial charge in [-0.25, -0.2) is 9.18 Å². The summed E-state index contributed by atoms with van der Waals surface area (Å²) in [5.41, 5.74) is -3.06. The van der Waals surface area contributed by atoms with E-state index in [9.17, 15) is 24.6 Å². The highest BCUT2D eigenvalue weighted by Gasteiger charge is 2.65. The summed E-state index contributed by atoms with van der Waals surface area (Å²) in [6.07, 6.45) is 3.71. The Labute approximate surface area is 304 Å². The SMILES string of the molecule is CCCCOc1cc(C2CCCN2C(=O)OC(C)(C)C)c(F)c2c1C(O)=C1C(=O)[C@]3(O)C(=O)c4c(OCCCC)noc4[C@@H](N(C)CC)[C@@H]3C[C@@H]1C2. The van der Waals surface area contributed by atoms with Gasteiger partial charge in [-0.1, -0.05) is 33.6 Å². The number of aliphatic hydroxyl groups excluding tert-OH is 1.